The second-order valence-electron chi connectivity index (χ2n) is 4.17. The molecule has 0 bridgehead atoms. The molecule has 1 aromatic heterocycles. The van der Waals surface area contributed by atoms with Gasteiger partial charge in [-0.05, 0) is 26.8 Å². The van der Waals surface area contributed by atoms with Crippen LogP contribution >= 0.6 is 0 Å². The maximum Gasteiger partial charge on any atom is 0.308 e. The van der Waals surface area contributed by atoms with Gasteiger partial charge >= 0.3 is 5.97 Å². The number of rotatable bonds is 5. The number of nitro groups is 1. The summed E-state index contributed by atoms with van der Waals surface area (Å²) in [6.07, 6.45) is 1.16. The van der Waals surface area contributed by atoms with Crippen LogP contribution in [0.2, 0.25) is 0 Å². The molecule has 0 saturated heterocycles. The molecule has 98 valence electrons. The molecule has 2 N–H and O–H groups in total. The minimum Gasteiger partial charge on any atom is -0.481 e. The first-order valence-corrected chi connectivity index (χ1v) is 5.43. The van der Waals surface area contributed by atoms with Crippen LogP contribution in [0.5, 0.6) is 0 Å². The first kappa shape index (κ1) is 13.9. The molecule has 7 nitrogen and oxygen atoms in total. The van der Waals surface area contributed by atoms with Gasteiger partial charge in [-0.1, -0.05) is 0 Å². The second-order valence-corrected chi connectivity index (χ2v) is 4.17. The second kappa shape index (κ2) is 5.44. The lowest BCUT2D eigenvalue weighted by Crippen LogP contribution is -2.30. The molecule has 1 rings (SSSR count). The zero-order valence-corrected chi connectivity index (χ0v) is 10.4. The Balaban J connectivity index is 2.84. The number of aliphatic carboxylic acids is 1. The number of hydrogen-bond acceptors (Lipinski definition) is 5. The van der Waals surface area contributed by atoms with Crippen LogP contribution in [-0.4, -0.2) is 27.0 Å². The SMILES string of the molecule is Cc1cc(NC(C)C(C)C(=O)O)ncc1[N+](=O)[O-]. The highest BCUT2D eigenvalue weighted by Crippen LogP contribution is 2.20. The fourth-order valence-electron chi connectivity index (χ4n) is 1.39. The standard InChI is InChI=1S/C11H15N3O4/c1-6-4-10(12-5-9(6)14(17)18)13-8(3)7(2)11(15)16/h4-5,7-8H,1-3H3,(H,12,13)(H,15,16). The van der Waals surface area contributed by atoms with Gasteiger partial charge in [-0.3, -0.25) is 14.9 Å². The highest BCUT2D eigenvalue weighted by Gasteiger charge is 2.20. The first-order valence-electron chi connectivity index (χ1n) is 5.43. The van der Waals surface area contributed by atoms with Crippen molar-refractivity contribution in [1.82, 2.24) is 4.98 Å². The first-order chi connectivity index (χ1) is 8.32. The van der Waals surface area contributed by atoms with Gasteiger partial charge < -0.3 is 10.4 Å². The molecule has 0 aliphatic rings. The maximum atomic E-state index is 10.8. The molecule has 0 aromatic carbocycles. The van der Waals surface area contributed by atoms with E-state index in [1.165, 1.54) is 6.07 Å². The van der Waals surface area contributed by atoms with E-state index in [1.54, 1.807) is 20.8 Å². The van der Waals surface area contributed by atoms with E-state index >= 15 is 0 Å². The summed E-state index contributed by atoms with van der Waals surface area (Å²) in [5.74, 6) is -1.06. The van der Waals surface area contributed by atoms with Crippen molar-refractivity contribution in [3.8, 4) is 0 Å². The molecule has 0 fully saturated rings. The maximum absolute atomic E-state index is 10.8. The number of carboxylic acid groups (broad SMARTS) is 1. The van der Waals surface area contributed by atoms with Gasteiger partial charge in [-0.15, -0.1) is 0 Å². The molecule has 0 radical (unpaired) electrons. The molecule has 2 unspecified atom stereocenters. The van der Waals surface area contributed by atoms with Crippen molar-refractivity contribution < 1.29 is 14.8 Å². The normalized spacial score (nSPS) is 13.7. The van der Waals surface area contributed by atoms with E-state index in [2.05, 4.69) is 10.3 Å². The fourth-order valence-corrected chi connectivity index (χ4v) is 1.39. The summed E-state index contributed by atoms with van der Waals surface area (Å²) in [6, 6.07) is 1.21. The third-order valence-electron chi connectivity index (χ3n) is 2.79. The van der Waals surface area contributed by atoms with Crippen molar-refractivity contribution in [3.63, 3.8) is 0 Å². The number of nitrogens with one attached hydrogen (secondary N) is 1. The predicted octanol–water partition coefficient (Wildman–Crippen LogP) is 1.82. The van der Waals surface area contributed by atoms with Gasteiger partial charge in [0.15, 0.2) is 0 Å². The topological polar surface area (TPSA) is 105 Å². The molecule has 2 atom stereocenters. The summed E-state index contributed by atoms with van der Waals surface area (Å²) in [6.45, 7) is 4.91. The highest BCUT2D eigenvalue weighted by molar-refractivity contribution is 5.71. The quantitative estimate of drug-likeness (QED) is 0.612. The van der Waals surface area contributed by atoms with Crippen LogP contribution in [-0.2, 0) is 4.79 Å². The van der Waals surface area contributed by atoms with Crippen molar-refractivity contribution in [2.24, 2.45) is 5.92 Å². The van der Waals surface area contributed by atoms with Crippen molar-refractivity contribution in [2.75, 3.05) is 5.32 Å². The van der Waals surface area contributed by atoms with Gasteiger partial charge in [0.25, 0.3) is 5.69 Å². The molecule has 0 aliphatic carbocycles. The smallest absolute Gasteiger partial charge is 0.308 e. The molecular formula is C11H15N3O4. The number of nitrogens with zero attached hydrogens (tertiary/aromatic N) is 2. The van der Waals surface area contributed by atoms with Gasteiger partial charge in [0.1, 0.15) is 12.0 Å². The minimum atomic E-state index is -0.909. The lowest BCUT2D eigenvalue weighted by molar-refractivity contribution is -0.385. The Morgan fingerprint density at radius 1 is 1.56 bits per heavy atom. The summed E-state index contributed by atoms with van der Waals surface area (Å²) in [5.41, 5.74) is 0.423. The van der Waals surface area contributed by atoms with E-state index in [4.69, 9.17) is 5.11 Å². The molecule has 0 amide bonds. The molecule has 0 aliphatic heterocycles. The Kier molecular flexibility index (Phi) is 4.19. The average Bonchev–Trinajstić information content (AvgIpc) is 2.27. The zero-order valence-electron chi connectivity index (χ0n) is 10.4. The predicted molar refractivity (Wildman–Crippen MR) is 65.5 cm³/mol. The van der Waals surface area contributed by atoms with Crippen LogP contribution in [0.25, 0.3) is 0 Å². The Morgan fingerprint density at radius 2 is 2.17 bits per heavy atom. The van der Waals surface area contributed by atoms with Crippen LogP contribution in [0.1, 0.15) is 19.4 Å². The van der Waals surface area contributed by atoms with Crippen LogP contribution in [0, 0.1) is 23.0 Å². The van der Waals surface area contributed by atoms with E-state index in [9.17, 15) is 14.9 Å². The summed E-state index contributed by atoms with van der Waals surface area (Å²) in [5, 5.41) is 22.4. The summed E-state index contributed by atoms with van der Waals surface area (Å²) >= 11 is 0. The molecule has 1 heterocycles. The van der Waals surface area contributed by atoms with Gasteiger partial charge in [0.05, 0.1) is 10.8 Å². The number of carboxylic acids is 1. The molecular weight excluding hydrogens is 238 g/mol. The van der Waals surface area contributed by atoms with Crippen LogP contribution in [0.15, 0.2) is 12.3 Å². The Bertz CT molecular complexity index is 475. The van der Waals surface area contributed by atoms with E-state index in [0.29, 0.717) is 11.4 Å². The van der Waals surface area contributed by atoms with E-state index in [-0.39, 0.29) is 11.7 Å². The van der Waals surface area contributed by atoms with Crippen LogP contribution in [0.3, 0.4) is 0 Å². The third-order valence-corrected chi connectivity index (χ3v) is 2.79. The zero-order chi connectivity index (χ0) is 13.9. The minimum absolute atomic E-state index is 0.0560. The van der Waals surface area contributed by atoms with Crippen molar-refractivity contribution >= 4 is 17.5 Å². The lowest BCUT2D eigenvalue weighted by atomic mass is 10.0. The molecule has 7 heteroatoms. The van der Waals surface area contributed by atoms with Crippen molar-refractivity contribution in [3.05, 3.63) is 27.9 Å². The van der Waals surface area contributed by atoms with Crippen molar-refractivity contribution in [1.29, 1.82) is 0 Å². The van der Waals surface area contributed by atoms with E-state index in [0.717, 1.165) is 6.20 Å². The largest absolute Gasteiger partial charge is 0.481 e. The summed E-state index contributed by atoms with van der Waals surface area (Å²) < 4.78 is 0. The molecule has 0 saturated carbocycles. The van der Waals surface area contributed by atoms with Crippen LogP contribution in [0.4, 0.5) is 11.5 Å². The van der Waals surface area contributed by atoms with Gasteiger partial charge in [-0.2, -0.15) is 0 Å². The van der Waals surface area contributed by atoms with Gasteiger partial charge in [0, 0.05) is 11.6 Å². The number of hydrogen-bond donors (Lipinski definition) is 2. The summed E-state index contributed by atoms with van der Waals surface area (Å²) in [4.78, 5) is 24.8. The Morgan fingerprint density at radius 3 is 2.61 bits per heavy atom. The lowest BCUT2D eigenvalue weighted by Gasteiger charge is -2.18. The molecule has 0 spiro atoms. The number of carbonyl (C=O) groups is 1. The average molecular weight is 253 g/mol. The monoisotopic (exact) mass is 253 g/mol. The fraction of sp³-hybridized carbons (Fsp3) is 0.455. The van der Waals surface area contributed by atoms with Crippen LogP contribution < -0.4 is 5.32 Å². The van der Waals surface area contributed by atoms with Gasteiger partial charge in [-0.25, -0.2) is 4.98 Å². The van der Waals surface area contributed by atoms with E-state index < -0.39 is 16.8 Å². The number of pyridine rings is 1. The van der Waals surface area contributed by atoms with Crippen molar-refractivity contribution in [2.45, 2.75) is 26.8 Å². The third kappa shape index (κ3) is 3.16. The highest BCUT2D eigenvalue weighted by atomic mass is 16.6. The summed E-state index contributed by atoms with van der Waals surface area (Å²) in [7, 11) is 0. The van der Waals surface area contributed by atoms with E-state index in [1.807, 2.05) is 0 Å². The van der Waals surface area contributed by atoms with Gasteiger partial charge in [0.2, 0.25) is 0 Å². The number of anilines is 1. The number of aryl methyl sites for hydroxylation is 1. The Hall–Kier alpha value is -2.18. The Labute approximate surface area is 104 Å². The number of aromatic nitrogens is 1. The molecule has 18 heavy (non-hydrogen) atoms. The molecule has 1 aromatic rings.